The van der Waals surface area contributed by atoms with E-state index in [2.05, 4.69) is 9.80 Å². The second-order valence-electron chi connectivity index (χ2n) is 31.5. The predicted octanol–water partition coefficient (Wildman–Crippen LogP) is 8.76. The zero-order valence-electron chi connectivity index (χ0n) is 73.1. The number of likely N-dealkylation sites (N-methyl/N-ethyl adjacent to an activating group) is 4. The molecule has 20 rings (SSSR count). The number of carbonyl (C=O) groups excluding carboxylic acids is 4. The third-order valence-electron chi connectivity index (χ3n) is 25.5. The van der Waals surface area contributed by atoms with Crippen LogP contribution in [-0.4, -0.2) is 222 Å². The summed E-state index contributed by atoms with van der Waals surface area (Å²) in [4.78, 5) is 91.2. The fourth-order valence-corrected chi connectivity index (χ4v) is 20.0. The molecule has 0 fully saturated rings. The number of nitro groups is 2. The van der Waals surface area contributed by atoms with Crippen LogP contribution in [0.1, 0.15) is 180 Å². The van der Waals surface area contributed by atoms with Crippen molar-refractivity contribution in [2.75, 3.05) is 144 Å². The van der Waals surface area contributed by atoms with E-state index in [1.165, 1.54) is 56.9 Å². The van der Waals surface area contributed by atoms with Crippen molar-refractivity contribution < 1.29 is 178 Å². The van der Waals surface area contributed by atoms with E-state index >= 15 is 0 Å². The van der Waals surface area contributed by atoms with Gasteiger partial charge >= 0.3 is 35.3 Å². The van der Waals surface area contributed by atoms with Gasteiger partial charge in [0.1, 0.15) is 46.7 Å². The van der Waals surface area contributed by atoms with Crippen LogP contribution in [0.4, 0.5) is 17.1 Å². The molecule has 0 amide bonds. The number of ether oxygens (including phenoxy) is 20. The van der Waals surface area contributed by atoms with Crippen LogP contribution in [0.15, 0.2) is 54.6 Å². The Morgan fingerprint density at radius 2 is 0.652 bits per heavy atom. The van der Waals surface area contributed by atoms with E-state index in [0.29, 0.717) is 174 Å². The molecule has 8 aromatic carbocycles. The number of nitrogens with two attached hydrogens (primary N) is 1. The number of anilines is 1. The van der Waals surface area contributed by atoms with Gasteiger partial charge in [0.2, 0.25) is 38.7 Å². The van der Waals surface area contributed by atoms with Crippen molar-refractivity contribution in [3.63, 3.8) is 0 Å². The van der Waals surface area contributed by atoms with Crippen LogP contribution in [0.25, 0.3) is 0 Å². The van der Waals surface area contributed by atoms with Crippen LogP contribution in [0, 0.1) is 30.3 Å². The van der Waals surface area contributed by atoms with Gasteiger partial charge in [-0.25, -0.2) is 19.2 Å². The van der Waals surface area contributed by atoms with E-state index in [4.69, 9.17) is 116 Å². The standard InChI is InChI=1S/2C22H22N2O9.C22H24N2O7.C22H23NO7.Ag.HNO3.H2/c2*1-23-7-6-10-14(12(8-25)19-21(32-9-31-19)16(10)24(27)28)17(23)18-11-4-5-13(29-2)20(30-3)15(11)22(26)33-18;1-24-7-6-10-14(12(8-25)19-21(16(10)23)30-9-29-19)17(24)18-11-4-5-13(27-2)20(28-3)15(11)22(26)31-18;1-23-7-6-11-8-15-19(29-10-28-15)13(9-24)16(11)18(23)20-12-4-5-14(26-2)21(27-3)17(12)22(25)30-20;;2-1(3)4;/h2*4-5,17-18,25H,6-9H2,1-3H3;4-5,17-18,25H,6-9,23H2,1-3H3;4-5,8,18,20,24H,6-7,9-10H2,1-3H3;;(H,2,3,4);1H/t3*17-,18+;18-,20+;;;/m1111.../s1. The zero-order valence-corrected chi connectivity index (χ0v) is 74.6. The van der Waals surface area contributed by atoms with Gasteiger partial charge in [0, 0.05) is 106 Å². The minimum atomic E-state index is -1.50. The van der Waals surface area contributed by atoms with Crippen LogP contribution < -0.4 is 81.5 Å². The number of aliphatic hydroxyl groups is 4. The number of nitrogen functional groups attached to an aromatic ring is 1. The van der Waals surface area contributed by atoms with Gasteiger partial charge in [-0.05, 0) is 118 Å². The Morgan fingerprint density at radius 1 is 0.386 bits per heavy atom. The van der Waals surface area contributed by atoms with Gasteiger partial charge in [-0.2, -0.15) is 0 Å². The summed E-state index contributed by atoms with van der Waals surface area (Å²) in [6.45, 7) is 0.956. The average Bonchev–Trinajstić information content (AvgIpc) is 1.63. The minimum Gasteiger partial charge on any atom is -0.493 e. The summed E-state index contributed by atoms with van der Waals surface area (Å²) < 4.78 is 111. The number of aliphatic hydroxyl groups excluding tert-OH is 4. The van der Waals surface area contributed by atoms with Gasteiger partial charge in [-0.1, -0.05) is 24.3 Å². The quantitative estimate of drug-likeness (QED) is 0.0117. The van der Waals surface area contributed by atoms with Crippen molar-refractivity contribution in [3.8, 4) is 92.0 Å². The molecule has 0 spiro atoms. The van der Waals surface area contributed by atoms with E-state index in [9.17, 15) is 59.8 Å². The molecule has 0 bridgehead atoms. The molecule has 0 unspecified atom stereocenters. The molecule has 44 heteroatoms. The number of methoxy groups -OCH3 is 8. The first-order chi connectivity index (χ1) is 63.2. The van der Waals surface area contributed by atoms with Crippen molar-refractivity contribution in [3.05, 3.63) is 196 Å². The molecule has 8 atom stereocenters. The molecule has 43 nitrogen and oxygen atoms in total. The van der Waals surface area contributed by atoms with Crippen molar-refractivity contribution in [2.45, 2.75) is 101 Å². The molecule has 0 aromatic heterocycles. The van der Waals surface area contributed by atoms with E-state index in [1.807, 2.05) is 56.2 Å². The average molecular weight is 1930 g/mol. The largest absolute Gasteiger partial charge is 0.493 e. The van der Waals surface area contributed by atoms with Crippen LogP contribution in [0.5, 0.6) is 92.0 Å². The van der Waals surface area contributed by atoms with Crippen molar-refractivity contribution in [1.29, 1.82) is 0 Å². The fourth-order valence-electron chi connectivity index (χ4n) is 20.0. The van der Waals surface area contributed by atoms with Gasteiger partial charge in [0.25, 0.3) is 5.09 Å². The van der Waals surface area contributed by atoms with Crippen LogP contribution in [-0.2, 0) is 93.4 Å². The molecular formula is C88H94AgN8O35. The zero-order chi connectivity index (χ0) is 93.3. The molecule has 12 heterocycles. The summed E-state index contributed by atoms with van der Waals surface area (Å²) in [6, 6.07) is 14.2. The molecule has 0 aliphatic carbocycles. The Morgan fingerprint density at radius 3 is 0.962 bits per heavy atom. The third-order valence-corrected chi connectivity index (χ3v) is 25.5. The SMILES string of the molecule is COc1ccc2c(c1OC)C(=O)O[C@@H]2[C@H]1c2c(CO)c3c(c([N+](=O)[O-])c2CCN1C)OCO3.COc1ccc2c(c1OC)C(=O)O[C@@H]2[C@H]1c2c(CO)c3c(c([N+](=O)[O-])c2CCN1C)OCO3.COc1ccc2c(c1OC)C(=O)O[C@@H]2[C@H]1c2c(c(N)c3c(c2CO)OCO3)CCN1C.COc1ccc2c(c1OC)C(=O)O[C@@H]2[C@H]1c2c(cc3c(c2CO)OCO3)CCN1C.O=[N+]([O-])O.[Ag].[HH]. The number of cyclic esters (lactones) is 4. The molecule has 12 aliphatic heterocycles. The smallest absolute Gasteiger partial charge is 0.343 e. The molecule has 8 aromatic rings. The Kier molecular flexibility index (Phi) is 26.8. The molecule has 0 saturated carbocycles. The van der Waals surface area contributed by atoms with Crippen LogP contribution in [0.2, 0.25) is 0 Å². The van der Waals surface area contributed by atoms with Gasteiger partial charge in [0.05, 0.1) is 123 Å². The first-order valence-electron chi connectivity index (χ1n) is 41.0. The minimum absolute atomic E-state index is 0. The molecule has 7 N–H and O–H groups in total. The summed E-state index contributed by atoms with van der Waals surface area (Å²) >= 11 is 0. The van der Waals surface area contributed by atoms with Crippen molar-refractivity contribution in [1.82, 2.24) is 19.6 Å². The Bertz CT molecular complexity index is 5840. The number of nitro benzene ring substituents is 2. The maximum absolute atomic E-state index is 12.9. The number of rotatable bonds is 18. The Labute approximate surface area is 768 Å². The molecule has 132 heavy (non-hydrogen) atoms. The number of hydrogen-bond acceptors (Lipinski definition) is 39. The number of esters is 4. The first kappa shape index (κ1) is 93.3. The number of hydrogen-bond donors (Lipinski definition) is 6. The summed E-state index contributed by atoms with van der Waals surface area (Å²) in [5.74, 6) is 3.39. The topological polar surface area (TPSA) is 522 Å². The molecule has 1 radical (unpaired) electrons. The fraction of sp³-hybridized carbons (Fsp3) is 0.409. The normalized spacial score (nSPS) is 20.6. The predicted molar refractivity (Wildman–Crippen MR) is 450 cm³/mol. The van der Waals surface area contributed by atoms with Crippen molar-refractivity contribution >= 4 is 40.9 Å². The van der Waals surface area contributed by atoms with Crippen molar-refractivity contribution in [2.24, 2.45) is 0 Å². The summed E-state index contributed by atoms with van der Waals surface area (Å²) in [6.07, 6.45) is -0.548. The second-order valence-corrected chi connectivity index (χ2v) is 31.5. The second kappa shape index (κ2) is 37.9. The van der Waals surface area contributed by atoms with E-state index in [0.717, 1.165) is 40.8 Å². The number of benzene rings is 8. The summed E-state index contributed by atoms with van der Waals surface area (Å²) in [7, 11) is 19.5. The number of nitrogens with zero attached hydrogens (tertiary/aromatic N) is 7. The maximum atomic E-state index is 12.9. The van der Waals surface area contributed by atoms with Gasteiger partial charge < -0.3 is 126 Å². The summed E-state index contributed by atoms with van der Waals surface area (Å²) in [5.41, 5.74) is 18.1. The summed E-state index contributed by atoms with van der Waals surface area (Å²) in [5, 5.41) is 78.7. The molecule has 0 saturated heterocycles. The molecular weight excluding hydrogens is 1840 g/mol. The Hall–Kier alpha value is -13.3. The Balaban J connectivity index is 0.000000140. The monoisotopic (exact) mass is 1930 g/mol. The first-order valence-corrected chi connectivity index (χ1v) is 41.0. The van der Waals surface area contributed by atoms with Gasteiger partial charge in [0.15, 0.2) is 80.5 Å². The number of carbonyl (C=O) groups is 4. The van der Waals surface area contributed by atoms with E-state index < -0.39 is 88.5 Å². The van der Waals surface area contributed by atoms with Gasteiger partial charge in [-0.3, -0.25) is 39.8 Å². The van der Waals surface area contributed by atoms with Crippen LogP contribution >= 0.6 is 0 Å². The third kappa shape index (κ3) is 15.4. The van der Waals surface area contributed by atoms with E-state index in [-0.39, 0.29) is 133 Å². The molecule has 707 valence electrons. The van der Waals surface area contributed by atoms with Gasteiger partial charge in [-0.15, -0.1) is 10.1 Å². The number of fused-ring (bicyclic) bond motifs is 12. The molecule has 12 aliphatic rings. The van der Waals surface area contributed by atoms with Crippen LogP contribution in [0.3, 0.4) is 0 Å². The maximum Gasteiger partial charge on any atom is 0.343 e. The van der Waals surface area contributed by atoms with E-state index in [1.54, 1.807) is 36.4 Å².